The number of nitrogens with one attached hydrogen (secondary N) is 1. The number of carbonyl (C=O) groups is 1. The molecule has 0 aliphatic heterocycles. The van der Waals surface area contributed by atoms with Gasteiger partial charge in [-0.3, -0.25) is 4.79 Å². The second kappa shape index (κ2) is 13.1. The van der Waals surface area contributed by atoms with E-state index in [1.807, 2.05) is 19.1 Å². The van der Waals surface area contributed by atoms with Crippen molar-refractivity contribution in [2.24, 2.45) is 0 Å². The number of ether oxygens (including phenoxy) is 4. The highest BCUT2D eigenvalue weighted by Gasteiger charge is 2.16. The summed E-state index contributed by atoms with van der Waals surface area (Å²) in [6.45, 7) is 2.47. The maximum absolute atomic E-state index is 12.9. The summed E-state index contributed by atoms with van der Waals surface area (Å²) >= 11 is 18.2. The summed E-state index contributed by atoms with van der Waals surface area (Å²) < 4.78 is 22.1. The van der Waals surface area contributed by atoms with Gasteiger partial charge in [-0.1, -0.05) is 46.9 Å². The van der Waals surface area contributed by atoms with Gasteiger partial charge >= 0.3 is 0 Å². The van der Waals surface area contributed by atoms with Gasteiger partial charge in [-0.05, 0) is 48.4 Å². The largest absolute Gasteiger partial charge is 0.495 e. The average molecular weight is 562 g/mol. The fourth-order valence-electron chi connectivity index (χ4n) is 3.26. The van der Waals surface area contributed by atoms with Crippen molar-refractivity contribution in [2.75, 3.05) is 26.1 Å². The molecule has 0 atom stereocenters. The molecular weight excluding hydrogens is 539 g/mol. The minimum atomic E-state index is -0.636. The van der Waals surface area contributed by atoms with Crippen LogP contribution in [0.2, 0.25) is 15.1 Å². The molecule has 0 aromatic heterocycles. The van der Waals surface area contributed by atoms with Crippen molar-refractivity contribution in [3.63, 3.8) is 0 Å². The van der Waals surface area contributed by atoms with Crippen LogP contribution >= 0.6 is 34.8 Å². The third-order valence-corrected chi connectivity index (χ3v) is 6.08. The van der Waals surface area contributed by atoms with Gasteiger partial charge in [0.1, 0.15) is 29.7 Å². The van der Waals surface area contributed by atoms with E-state index in [-0.39, 0.29) is 12.2 Å². The lowest BCUT2D eigenvalue weighted by atomic mass is 10.1. The first-order valence-corrected chi connectivity index (χ1v) is 12.1. The molecule has 0 radical (unpaired) electrons. The highest BCUT2D eigenvalue weighted by atomic mass is 35.5. The van der Waals surface area contributed by atoms with E-state index in [0.29, 0.717) is 55.9 Å². The quantitative estimate of drug-likeness (QED) is 0.208. The average Bonchev–Trinajstić information content (AvgIpc) is 2.89. The summed E-state index contributed by atoms with van der Waals surface area (Å²) in [6.07, 6.45) is 1.44. The number of carbonyl (C=O) groups excluding carboxylic acids is 1. The van der Waals surface area contributed by atoms with Crippen LogP contribution in [0.4, 0.5) is 5.69 Å². The number of rotatable bonds is 10. The number of halogens is 3. The van der Waals surface area contributed by atoms with Crippen LogP contribution in [0.3, 0.4) is 0 Å². The predicted octanol–water partition coefficient (Wildman–Crippen LogP) is 7.19. The normalized spacial score (nSPS) is 10.9. The number of hydrogen-bond donors (Lipinski definition) is 1. The highest BCUT2D eigenvalue weighted by Crippen LogP contribution is 2.36. The maximum Gasteiger partial charge on any atom is 0.266 e. The van der Waals surface area contributed by atoms with E-state index in [4.69, 9.17) is 53.8 Å². The van der Waals surface area contributed by atoms with Crippen molar-refractivity contribution >= 4 is 52.5 Å². The molecule has 3 aromatic rings. The molecule has 1 amide bonds. The number of nitriles is 1. The van der Waals surface area contributed by atoms with Gasteiger partial charge in [0.2, 0.25) is 0 Å². The van der Waals surface area contributed by atoms with Crippen molar-refractivity contribution < 1.29 is 23.7 Å². The summed E-state index contributed by atoms with van der Waals surface area (Å²) in [6, 6.07) is 15.3. The highest BCUT2D eigenvalue weighted by molar-refractivity contribution is 6.42. The zero-order chi connectivity index (χ0) is 26.9. The van der Waals surface area contributed by atoms with E-state index in [2.05, 4.69) is 5.32 Å². The van der Waals surface area contributed by atoms with Gasteiger partial charge in [0, 0.05) is 12.1 Å². The first-order chi connectivity index (χ1) is 17.8. The molecular formula is C27H23Cl3N2O5. The second-order valence-electron chi connectivity index (χ2n) is 7.49. The first kappa shape index (κ1) is 28.0. The van der Waals surface area contributed by atoms with Crippen LogP contribution in [-0.2, 0) is 11.4 Å². The molecule has 0 saturated carbocycles. The van der Waals surface area contributed by atoms with E-state index < -0.39 is 5.91 Å². The molecule has 0 fully saturated rings. The fourth-order valence-corrected chi connectivity index (χ4v) is 3.81. The lowest BCUT2D eigenvalue weighted by molar-refractivity contribution is -0.112. The minimum Gasteiger partial charge on any atom is -0.495 e. The Balaban J connectivity index is 1.83. The van der Waals surface area contributed by atoms with E-state index in [0.717, 1.165) is 5.56 Å². The van der Waals surface area contributed by atoms with Gasteiger partial charge in [-0.15, -0.1) is 0 Å². The Labute approximate surface area is 230 Å². The van der Waals surface area contributed by atoms with Crippen LogP contribution in [0.5, 0.6) is 23.0 Å². The van der Waals surface area contributed by atoms with Crippen LogP contribution in [-0.4, -0.2) is 26.7 Å². The molecule has 0 aliphatic carbocycles. The molecule has 3 aromatic carbocycles. The maximum atomic E-state index is 12.9. The third-order valence-electron chi connectivity index (χ3n) is 5.04. The Morgan fingerprint density at radius 2 is 1.65 bits per heavy atom. The van der Waals surface area contributed by atoms with E-state index in [1.165, 1.54) is 32.4 Å². The number of nitrogens with zero attached hydrogens (tertiary/aromatic N) is 1. The van der Waals surface area contributed by atoms with E-state index in [9.17, 15) is 10.1 Å². The number of benzene rings is 3. The molecule has 0 saturated heterocycles. The summed E-state index contributed by atoms with van der Waals surface area (Å²) in [5, 5.41) is 13.5. The van der Waals surface area contributed by atoms with Crippen molar-refractivity contribution in [2.45, 2.75) is 13.5 Å². The summed E-state index contributed by atoms with van der Waals surface area (Å²) in [5.74, 6) is 0.976. The Morgan fingerprint density at radius 3 is 2.30 bits per heavy atom. The van der Waals surface area contributed by atoms with Gasteiger partial charge in [-0.25, -0.2) is 0 Å². The predicted molar refractivity (Wildman–Crippen MR) is 145 cm³/mol. The lowest BCUT2D eigenvalue weighted by Crippen LogP contribution is -2.14. The van der Waals surface area contributed by atoms with Gasteiger partial charge in [0.15, 0.2) is 11.5 Å². The number of amides is 1. The van der Waals surface area contributed by atoms with Crippen LogP contribution < -0.4 is 24.3 Å². The zero-order valence-corrected chi connectivity index (χ0v) is 22.5. The second-order valence-corrected chi connectivity index (χ2v) is 8.71. The topological polar surface area (TPSA) is 89.8 Å². The van der Waals surface area contributed by atoms with E-state index >= 15 is 0 Å². The Hall–Kier alpha value is -3.57. The molecule has 7 nitrogen and oxygen atoms in total. The number of methoxy groups -OCH3 is 2. The van der Waals surface area contributed by atoms with E-state index in [1.54, 1.807) is 30.3 Å². The first-order valence-electron chi connectivity index (χ1n) is 11.0. The summed E-state index contributed by atoms with van der Waals surface area (Å²) in [4.78, 5) is 12.9. The Kier molecular flexibility index (Phi) is 9.93. The van der Waals surface area contributed by atoms with Gasteiger partial charge in [0.25, 0.3) is 5.91 Å². The van der Waals surface area contributed by atoms with Crippen molar-refractivity contribution in [3.8, 4) is 29.1 Å². The monoisotopic (exact) mass is 560 g/mol. The fraction of sp³-hybridized carbons (Fsp3) is 0.185. The van der Waals surface area contributed by atoms with Crippen molar-refractivity contribution in [1.29, 1.82) is 5.26 Å². The molecule has 37 heavy (non-hydrogen) atoms. The van der Waals surface area contributed by atoms with Crippen LogP contribution in [0.25, 0.3) is 6.08 Å². The third kappa shape index (κ3) is 7.23. The minimum absolute atomic E-state index is 0.136. The molecule has 0 heterocycles. The van der Waals surface area contributed by atoms with Gasteiger partial charge in [0.05, 0.1) is 41.6 Å². The summed E-state index contributed by atoms with van der Waals surface area (Å²) in [5.41, 5.74) is 1.56. The molecule has 1 N–H and O–H groups in total. The van der Waals surface area contributed by atoms with Gasteiger partial charge in [-0.2, -0.15) is 5.26 Å². The smallest absolute Gasteiger partial charge is 0.266 e. The van der Waals surface area contributed by atoms with Crippen LogP contribution in [0.1, 0.15) is 18.1 Å². The molecule has 0 bridgehead atoms. The van der Waals surface area contributed by atoms with Crippen LogP contribution in [0.15, 0.2) is 54.1 Å². The Morgan fingerprint density at radius 1 is 0.892 bits per heavy atom. The molecule has 0 spiro atoms. The number of hydrogen-bond acceptors (Lipinski definition) is 6. The Bertz CT molecular complexity index is 1370. The molecule has 0 unspecified atom stereocenters. The molecule has 0 aliphatic rings. The molecule has 192 valence electrons. The van der Waals surface area contributed by atoms with Crippen LogP contribution in [0, 0.1) is 11.3 Å². The van der Waals surface area contributed by atoms with Crippen molar-refractivity contribution in [3.05, 3.63) is 80.3 Å². The molecule has 10 heteroatoms. The standard InChI is InChI=1S/C27H23Cl3N2O5/c1-4-36-26-11-16(6-8-23(26)37-15-17-5-7-19(28)20(29)10-17)9-18(14-31)27(33)32-22-13-24(34-2)21(30)12-25(22)35-3/h5-13H,4,15H2,1-3H3,(H,32,33)/b18-9+. The number of anilines is 1. The molecule has 3 rings (SSSR count). The summed E-state index contributed by atoms with van der Waals surface area (Å²) in [7, 11) is 2.89. The zero-order valence-electron chi connectivity index (χ0n) is 20.2. The SMILES string of the molecule is CCOc1cc(/C=C(\C#N)C(=O)Nc2cc(OC)c(Cl)cc2OC)ccc1OCc1ccc(Cl)c(Cl)c1. The van der Waals surface area contributed by atoms with Crippen molar-refractivity contribution in [1.82, 2.24) is 0 Å². The van der Waals surface area contributed by atoms with Gasteiger partial charge < -0.3 is 24.3 Å². The lowest BCUT2D eigenvalue weighted by Gasteiger charge is -2.14.